The van der Waals surface area contributed by atoms with Gasteiger partial charge in [0.1, 0.15) is 0 Å². The first kappa shape index (κ1) is 11.0. The molecule has 1 aliphatic carbocycles. The Bertz CT molecular complexity index is 200. The van der Waals surface area contributed by atoms with E-state index in [-0.39, 0.29) is 23.9 Å². The summed E-state index contributed by atoms with van der Waals surface area (Å²) in [4.78, 5) is 22.0. The van der Waals surface area contributed by atoms with Crippen LogP contribution < -0.4 is 10.6 Å². The van der Waals surface area contributed by atoms with Gasteiger partial charge >= 0.3 is 0 Å². The smallest absolute Gasteiger partial charge is 0.219 e. The molecule has 2 N–H and O–H groups in total. The van der Waals surface area contributed by atoms with Crippen LogP contribution in [0.1, 0.15) is 39.5 Å². The maximum absolute atomic E-state index is 11.0. The molecule has 0 radical (unpaired) electrons. The summed E-state index contributed by atoms with van der Waals surface area (Å²) in [6.07, 6.45) is 2.81. The Kier molecular flexibility index (Phi) is 3.92. The van der Waals surface area contributed by atoms with E-state index in [1.54, 1.807) is 0 Å². The highest BCUT2D eigenvalue weighted by Crippen LogP contribution is 2.19. The Hall–Kier alpha value is -1.06. The Balaban J connectivity index is 2.11. The highest BCUT2D eigenvalue weighted by molar-refractivity contribution is 5.77. The second kappa shape index (κ2) is 4.98. The van der Waals surface area contributed by atoms with E-state index in [0.29, 0.717) is 12.8 Å². The number of amides is 2. The van der Waals surface area contributed by atoms with E-state index in [4.69, 9.17) is 0 Å². The molecule has 0 aromatic rings. The van der Waals surface area contributed by atoms with Crippen molar-refractivity contribution in [2.75, 3.05) is 0 Å². The maximum Gasteiger partial charge on any atom is 0.219 e. The van der Waals surface area contributed by atoms with Crippen LogP contribution in [0.2, 0.25) is 0 Å². The van der Waals surface area contributed by atoms with E-state index < -0.39 is 0 Å². The van der Waals surface area contributed by atoms with Crippen molar-refractivity contribution in [1.29, 1.82) is 0 Å². The van der Waals surface area contributed by atoms with Crippen LogP contribution in [0.4, 0.5) is 0 Å². The van der Waals surface area contributed by atoms with Gasteiger partial charge in [-0.25, -0.2) is 0 Å². The second-order valence-electron chi connectivity index (χ2n) is 3.71. The van der Waals surface area contributed by atoms with Crippen LogP contribution in [-0.2, 0) is 9.59 Å². The number of nitrogens with one attached hydrogen (secondary N) is 2. The molecule has 0 aromatic carbocycles. The first-order valence-corrected chi connectivity index (χ1v) is 5.24. The van der Waals surface area contributed by atoms with Gasteiger partial charge in [-0.3, -0.25) is 9.59 Å². The lowest BCUT2D eigenvalue weighted by molar-refractivity contribution is -0.123. The average molecular weight is 198 g/mol. The fourth-order valence-electron chi connectivity index (χ4n) is 1.51. The van der Waals surface area contributed by atoms with Gasteiger partial charge in [0.2, 0.25) is 11.8 Å². The molecule has 0 spiro atoms. The van der Waals surface area contributed by atoms with Gasteiger partial charge in [-0.2, -0.15) is 0 Å². The van der Waals surface area contributed by atoms with Gasteiger partial charge in [0, 0.05) is 24.9 Å². The fraction of sp³-hybridized carbons (Fsp3) is 0.800. The molecule has 14 heavy (non-hydrogen) atoms. The molecule has 1 fully saturated rings. The van der Waals surface area contributed by atoms with Crippen LogP contribution in [-0.4, -0.2) is 23.9 Å². The number of rotatable bonds is 4. The van der Waals surface area contributed by atoms with Crippen LogP contribution in [0.25, 0.3) is 0 Å². The van der Waals surface area contributed by atoms with Gasteiger partial charge in [-0.1, -0.05) is 13.8 Å². The second-order valence-corrected chi connectivity index (χ2v) is 3.71. The van der Waals surface area contributed by atoms with Crippen molar-refractivity contribution in [2.24, 2.45) is 0 Å². The molecule has 4 heteroatoms. The molecule has 0 bridgehead atoms. The topological polar surface area (TPSA) is 58.2 Å². The van der Waals surface area contributed by atoms with Gasteiger partial charge in [0.05, 0.1) is 0 Å². The Labute approximate surface area is 84.4 Å². The standard InChI is InChI=1S/C10H18N2O2/c1-3-9(13)11-7-5-8(6-7)12-10(14)4-2/h7-8H,3-6H2,1-2H3,(H,11,13)(H,12,14). The van der Waals surface area contributed by atoms with Crippen LogP contribution in [0.3, 0.4) is 0 Å². The molecular weight excluding hydrogens is 180 g/mol. The average Bonchev–Trinajstić information content (AvgIpc) is 2.13. The first-order chi connectivity index (χ1) is 6.65. The van der Waals surface area contributed by atoms with Crippen molar-refractivity contribution in [2.45, 2.75) is 51.6 Å². The summed E-state index contributed by atoms with van der Waals surface area (Å²) >= 11 is 0. The molecule has 0 aromatic heterocycles. The normalized spacial score (nSPS) is 25.0. The van der Waals surface area contributed by atoms with Crippen molar-refractivity contribution in [3.63, 3.8) is 0 Å². The van der Waals surface area contributed by atoms with E-state index in [1.807, 2.05) is 13.8 Å². The number of hydrogen-bond donors (Lipinski definition) is 2. The minimum atomic E-state index is 0.0928. The summed E-state index contributed by atoms with van der Waals surface area (Å²) in [6.45, 7) is 3.68. The molecule has 1 aliphatic rings. The lowest BCUT2D eigenvalue weighted by atomic mass is 9.86. The summed E-state index contributed by atoms with van der Waals surface area (Å²) in [5.74, 6) is 0.186. The van der Waals surface area contributed by atoms with Gasteiger partial charge in [0.15, 0.2) is 0 Å². The zero-order valence-corrected chi connectivity index (χ0v) is 8.80. The van der Waals surface area contributed by atoms with Crippen molar-refractivity contribution in [3.8, 4) is 0 Å². The van der Waals surface area contributed by atoms with E-state index in [1.165, 1.54) is 0 Å². The van der Waals surface area contributed by atoms with Crippen LogP contribution in [0.5, 0.6) is 0 Å². The van der Waals surface area contributed by atoms with Gasteiger partial charge < -0.3 is 10.6 Å². The molecule has 0 unspecified atom stereocenters. The molecular formula is C10H18N2O2. The third-order valence-corrected chi connectivity index (χ3v) is 2.51. The zero-order chi connectivity index (χ0) is 10.6. The SMILES string of the molecule is CCC(=O)NC1CC(NC(=O)CC)C1. The van der Waals surface area contributed by atoms with Crippen molar-refractivity contribution in [3.05, 3.63) is 0 Å². The minimum Gasteiger partial charge on any atom is -0.353 e. The molecule has 1 saturated carbocycles. The lowest BCUT2D eigenvalue weighted by Gasteiger charge is -2.36. The zero-order valence-electron chi connectivity index (χ0n) is 8.80. The summed E-state index contributed by atoms with van der Waals surface area (Å²) in [5.41, 5.74) is 0. The van der Waals surface area contributed by atoms with Crippen LogP contribution in [0.15, 0.2) is 0 Å². The lowest BCUT2D eigenvalue weighted by Crippen LogP contribution is -2.53. The van der Waals surface area contributed by atoms with Crippen molar-refractivity contribution in [1.82, 2.24) is 10.6 Å². The minimum absolute atomic E-state index is 0.0928. The molecule has 0 aliphatic heterocycles. The molecule has 1 rings (SSSR count). The molecule has 4 nitrogen and oxygen atoms in total. The fourth-order valence-corrected chi connectivity index (χ4v) is 1.51. The monoisotopic (exact) mass is 198 g/mol. The number of hydrogen-bond acceptors (Lipinski definition) is 2. The number of carbonyl (C=O) groups is 2. The molecule has 0 heterocycles. The summed E-state index contributed by atoms with van der Waals surface area (Å²) in [7, 11) is 0. The summed E-state index contributed by atoms with van der Waals surface area (Å²) in [6, 6.07) is 0.536. The van der Waals surface area contributed by atoms with Crippen molar-refractivity contribution < 1.29 is 9.59 Å². The van der Waals surface area contributed by atoms with Crippen LogP contribution >= 0.6 is 0 Å². The Morgan fingerprint density at radius 2 is 1.36 bits per heavy atom. The largest absolute Gasteiger partial charge is 0.353 e. The predicted octanol–water partition coefficient (Wildman–Crippen LogP) is 0.570. The van der Waals surface area contributed by atoms with E-state index in [0.717, 1.165) is 12.8 Å². The van der Waals surface area contributed by atoms with E-state index in [2.05, 4.69) is 10.6 Å². The van der Waals surface area contributed by atoms with Gasteiger partial charge in [-0.05, 0) is 12.8 Å². The maximum atomic E-state index is 11.0. The number of carbonyl (C=O) groups excluding carboxylic acids is 2. The molecule has 80 valence electrons. The van der Waals surface area contributed by atoms with Crippen LogP contribution in [0, 0.1) is 0 Å². The van der Waals surface area contributed by atoms with E-state index in [9.17, 15) is 9.59 Å². The Morgan fingerprint density at radius 1 is 1.00 bits per heavy atom. The molecule has 2 amide bonds. The third kappa shape index (κ3) is 3.01. The third-order valence-electron chi connectivity index (χ3n) is 2.51. The van der Waals surface area contributed by atoms with Crippen molar-refractivity contribution >= 4 is 11.8 Å². The van der Waals surface area contributed by atoms with Gasteiger partial charge in [0.25, 0.3) is 0 Å². The summed E-state index contributed by atoms with van der Waals surface area (Å²) in [5, 5.41) is 5.79. The first-order valence-electron chi connectivity index (χ1n) is 5.24. The quantitative estimate of drug-likeness (QED) is 0.694. The van der Waals surface area contributed by atoms with Gasteiger partial charge in [-0.15, -0.1) is 0 Å². The summed E-state index contributed by atoms with van der Waals surface area (Å²) < 4.78 is 0. The Morgan fingerprint density at radius 3 is 1.64 bits per heavy atom. The predicted molar refractivity (Wildman–Crippen MR) is 53.7 cm³/mol. The van der Waals surface area contributed by atoms with E-state index >= 15 is 0 Å². The highest BCUT2D eigenvalue weighted by atomic mass is 16.2. The molecule has 0 atom stereocenters. The molecule has 0 saturated heterocycles. The highest BCUT2D eigenvalue weighted by Gasteiger charge is 2.30.